The third-order valence-corrected chi connectivity index (χ3v) is 5.67. The Labute approximate surface area is 179 Å². The van der Waals surface area contributed by atoms with E-state index < -0.39 is 5.82 Å². The molecule has 0 unspecified atom stereocenters. The van der Waals surface area contributed by atoms with Gasteiger partial charge in [-0.2, -0.15) is 5.26 Å². The van der Waals surface area contributed by atoms with E-state index >= 15 is 0 Å². The number of rotatable bonds is 7. The van der Waals surface area contributed by atoms with Crippen molar-refractivity contribution in [1.82, 2.24) is 9.88 Å². The van der Waals surface area contributed by atoms with E-state index in [1.54, 1.807) is 41.3 Å². The van der Waals surface area contributed by atoms with Crippen LogP contribution in [0.3, 0.4) is 0 Å². The summed E-state index contributed by atoms with van der Waals surface area (Å²) in [5.41, 5.74) is 1.24. The second-order valence-electron chi connectivity index (χ2n) is 6.26. The molecule has 0 spiro atoms. The number of amides is 1. The smallest absolute Gasteiger partial charge is 0.260 e. The highest BCUT2D eigenvalue weighted by atomic mass is 35.5. The largest absolute Gasteiger partial charge is 0.302 e. The minimum absolute atomic E-state index is 0. The molecule has 0 saturated heterocycles. The summed E-state index contributed by atoms with van der Waals surface area (Å²) in [6, 6.07) is 13.4. The summed E-state index contributed by atoms with van der Waals surface area (Å²) in [4.78, 5) is 21.4. The number of carbonyl (C=O) groups is 1. The van der Waals surface area contributed by atoms with Gasteiger partial charge < -0.3 is 4.90 Å². The van der Waals surface area contributed by atoms with Gasteiger partial charge in [0.05, 0.1) is 16.3 Å². The number of halogens is 2. The molecule has 3 rings (SSSR count). The van der Waals surface area contributed by atoms with Crippen molar-refractivity contribution >= 4 is 45.0 Å². The Morgan fingerprint density at radius 1 is 1.14 bits per heavy atom. The zero-order valence-corrected chi connectivity index (χ0v) is 17.9. The van der Waals surface area contributed by atoms with Crippen molar-refractivity contribution < 1.29 is 9.18 Å². The van der Waals surface area contributed by atoms with E-state index in [0.717, 1.165) is 13.1 Å². The van der Waals surface area contributed by atoms with E-state index in [-0.39, 0.29) is 23.8 Å². The lowest BCUT2D eigenvalue weighted by Gasteiger charge is -2.24. The summed E-state index contributed by atoms with van der Waals surface area (Å²) in [5.74, 6) is -0.606. The minimum atomic E-state index is -0.394. The van der Waals surface area contributed by atoms with Gasteiger partial charge in [0.1, 0.15) is 11.3 Å². The van der Waals surface area contributed by atoms with Gasteiger partial charge in [-0.05, 0) is 49.5 Å². The molecule has 0 saturated carbocycles. The Hall–Kier alpha value is -2.53. The van der Waals surface area contributed by atoms with Crippen LogP contribution >= 0.6 is 23.7 Å². The molecule has 0 radical (unpaired) electrons. The van der Waals surface area contributed by atoms with E-state index in [0.29, 0.717) is 34.0 Å². The van der Waals surface area contributed by atoms with Crippen molar-refractivity contribution in [1.29, 1.82) is 5.26 Å². The number of carbonyl (C=O) groups excluding carboxylic acids is 1. The second-order valence-corrected chi connectivity index (χ2v) is 7.26. The summed E-state index contributed by atoms with van der Waals surface area (Å²) in [7, 11) is 0. The van der Waals surface area contributed by atoms with E-state index in [1.165, 1.54) is 17.4 Å². The Morgan fingerprint density at radius 2 is 1.83 bits per heavy atom. The van der Waals surface area contributed by atoms with Crippen LogP contribution in [0.25, 0.3) is 10.2 Å². The van der Waals surface area contributed by atoms with Crippen LogP contribution in [-0.4, -0.2) is 42.0 Å². The predicted molar refractivity (Wildman–Crippen MR) is 117 cm³/mol. The van der Waals surface area contributed by atoms with Crippen LogP contribution in [0, 0.1) is 17.1 Å². The van der Waals surface area contributed by atoms with Gasteiger partial charge in [-0.15, -0.1) is 12.4 Å². The Morgan fingerprint density at radius 3 is 2.41 bits per heavy atom. The van der Waals surface area contributed by atoms with Crippen LogP contribution in [0.5, 0.6) is 0 Å². The molecule has 0 fully saturated rings. The molecule has 0 atom stereocenters. The van der Waals surface area contributed by atoms with Gasteiger partial charge in [0.2, 0.25) is 0 Å². The molecule has 152 valence electrons. The Bertz CT molecular complexity index is 1010. The van der Waals surface area contributed by atoms with E-state index in [1.807, 2.05) is 6.07 Å². The molecule has 0 aliphatic heterocycles. The van der Waals surface area contributed by atoms with Gasteiger partial charge in [0, 0.05) is 18.7 Å². The average molecular weight is 433 g/mol. The van der Waals surface area contributed by atoms with Crippen molar-refractivity contribution in [3.63, 3.8) is 0 Å². The van der Waals surface area contributed by atoms with Crippen LogP contribution in [0.4, 0.5) is 9.52 Å². The van der Waals surface area contributed by atoms with Gasteiger partial charge in [0.25, 0.3) is 5.91 Å². The predicted octanol–water partition coefficient (Wildman–Crippen LogP) is 4.72. The Kier molecular flexibility index (Phi) is 8.09. The standard InChI is InChI=1S/C21H21FN4OS.ClH/c1-3-25(4-2)12-13-26(20(27)16-10-8-15(14-23)9-11-16)21-24-19-17(22)6-5-7-18(19)28-21;/h5-11H,3-4,12-13H2,1-2H3;1H. The van der Waals surface area contributed by atoms with Crippen LogP contribution in [0.1, 0.15) is 29.8 Å². The summed E-state index contributed by atoms with van der Waals surface area (Å²) in [5, 5.41) is 9.44. The zero-order valence-electron chi connectivity index (χ0n) is 16.3. The van der Waals surface area contributed by atoms with Crippen molar-refractivity contribution in [2.45, 2.75) is 13.8 Å². The van der Waals surface area contributed by atoms with Gasteiger partial charge in [-0.25, -0.2) is 9.37 Å². The van der Waals surface area contributed by atoms with Crippen molar-refractivity contribution in [3.8, 4) is 6.07 Å². The SMILES string of the molecule is CCN(CC)CCN(C(=O)c1ccc(C#N)cc1)c1nc2c(F)cccc2s1.Cl. The number of thiazole rings is 1. The maximum absolute atomic E-state index is 14.1. The zero-order chi connectivity index (χ0) is 20.1. The topological polar surface area (TPSA) is 60.2 Å². The molecule has 3 aromatic rings. The summed E-state index contributed by atoms with van der Waals surface area (Å²) in [6.07, 6.45) is 0. The Balaban J connectivity index is 0.00000300. The number of nitriles is 1. The third-order valence-electron chi connectivity index (χ3n) is 4.63. The number of fused-ring (bicyclic) bond motifs is 1. The molecule has 0 aliphatic carbocycles. The van der Waals surface area contributed by atoms with Crippen molar-refractivity contribution in [3.05, 3.63) is 59.4 Å². The number of nitrogens with zero attached hydrogens (tertiary/aromatic N) is 4. The molecule has 8 heteroatoms. The highest BCUT2D eigenvalue weighted by molar-refractivity contribution is 7.22. The van der Waals surface area contributed by atoms with Crippen molar-refractivity contribution in [2.24, 2.45) is 0 Å². The lowest BCUT2D eigenvalue weighted by atomic mass is 10.1. The van der Waals surface area contributed by atoms with Crippen LogP contribution in [0.15, 0.2) is 42.5 Å². The molecule has 0 bridgehead atoms. The first kappa shape index (κ1) is 22.8. The lowest BCUT2D eigenvalue weighted by molar-refractivity contribution is 0.0983. The molecule has 5 nitrogen and oxygen atoms in total. The fourth-order valence-corrected chi connectivity index (χ4v) is 3.93. The lowest BCUT2D eigenvalue weighted by Crippen LogP contribution is -2.38. The minimum Gasteiger partial charge on any atom is -0.302 e. The highest BCUT2D eigenvalue weighted by Gasteiger charge is 2.22. The van der Waals surface area contributed by atoms with Gasteiger partial charge in [-0.3, -0.25) is 9.69 Å². The number of hydrogen-bond donors (Lipinski definition) is 0. The molecule has 1 heterocycles. The molecule has 29 heavy (non-hydrogen) atoms. The number of anilines is 1. The van der Waals surface area contributed by atoms with Gasteiger partial charge in [0.15, 0.2) is 5.13 Å². The number of benzene rings is 2. The molecular weight excluding hydrogens is 411 g/mol. The maximum atomic E-state index is 14.1. The molecular formula is C21H22ClFN4OS. The number of likely N-dealkylation sites (N-methyl/N-ethyl adjacent to an activating group) is 1. The van der Waals surface area contributed by atoms with E-state index in [4.69, 9.17) is 5.26 Å². The number of para-hydroxylation sites is 1. The van der Waals surface area contributed by atoms with Crippen LogP contribution < -0.4 is 4.90 Å². The second kappa shape index (κ2) is 10.3. The molecule has 1 amide bonds. The summed E-state index contributed by atoms with van der Waals surface area (Å²) in [6.45, 7) is 7.04. The first-order chi connectivity index (χ1) is 13.6. The van der Waals surface area contributed by atoms with Crippen molar-refractivity contribution in [2.75, 3.05) is 31.1 Å². The van der Waals surface area contributed by atoms with Gasteiger partial charge in [-0.1, -0.05) is 31.3 Å². The first-order valence-corrected chi connectivity index (χ1v) is 9.98. The summed E-state index contributed by atoms with van der Waals surface area (Å²) < 4.78 is 14.8. The fraction of sp³-hybridized carbons (Fsp3) is 0.286. The van der Waals surface area contributed by atoms with Crippen LogP contribution in [-0.2, 0) is 0 Å². The molecule has 0 aliphatic rings. The fourth-order valence-electron chi connectivity index (χ4n) is 2.93. The first-order valence-electron chi connectivity index (χ1n) is 9.16. The van der Waals surface area contributed by atoms with Crippen LogP contribution in [0.2, 0.25) is 0 Å². The molecule has 2 aromatic carbocycles. The monoisotopic (exact) mass is 432 g/mol. The van der Waals surface area contributed by atoms with E-state index in [2.05, 4.69) is 23.7 Å². The maximum Gasteiger partial charge on any atom is 0.260 e. The molecule has 0 N–H and O–H groups in total. The number of aromatic nitrogens is 1. The van der Waals surface area contributed by atoms with E-state index in [9.17, 15) is 9.18 Å². The quantitative estimate of drug-likeness (QED) is 0.542. The molecule has 1 aromatic heterocycles. The summed E-state index contributed by atoms with van der Waals surface area (Å²) >= 11 is 1.30. The highest BCUT2D eigenvalue weighted by Crippen LogP contribution is 2.31. The average Bonchev–Trinajstić information content (AvgIpc) is 3.16. The number of hydrogen-bond acceptors (Lipinski definition) is 5. The van der Waals surface area contributed by atoms with Gasteiger partial charge >= 0.3 is 0 Å². The normalized spacial score (nSPS) is 10.6. The third kappa shape index (κ3) is 5.10.